The minimum atomic E-state index is -0.747. The van der Waals surface area contributed by atoms with Crippen molar-refractivity contribution in [1.82, 2.24) is 0 Å². The highest BCUT2D eigenvalue weighted by atomic mass is 32.1. The largest absolute Gasteiger partial charge is 0.462 e. The van der Waals surface area contributed by atoms with Gasteiger partial charge in [0.05, 0.1) is 12.2 Å². The Kier molecular flexibility index (Phi) is 3.80. The zero-order valence-electron chi connectivity index (χ0n) is 10.1. The number of anilines is 1. The molecule has 100 valence electrons. The molecular formula is C13H11F2NO2S. The number of ether oxygens (including phenoxy) is 1. The molecule has 1 aromatic heterocycles. The van der Waals surface area contributed by atoms with Crippen molar-refractivity contribution in [3.8, 4) is 11.1 Å². The molecule has 0 atom stereocenters. The Morgan fingerprint density at radius 2 is 2.00 bits per heavy atom. The molecule has 2 N–H and O–H groups in total. The molecule has 6 heteroatoms. The second kappa shape index (κ2) is 5.36. The fourth-order valence-corrected chi connectivity index (χ4v) is 2.52. The summed E-state index contributed by atoms with van der Waals surface area (Å²) in [6.07, 6.45) is 0. The quantitative estimate of drug-likeness (QED) is 0.878. The van der Waals surface area contributed by atoms with Gasteiger partial charge in [0.25, 0.3) is 0 Å². The van der Waals surface area contributed by atoms with Crippen LogP contribution in [0.2, 0.25) is 0 Å². The van der Waals surface area contributed by atoms with E-state index in [9.17, 15) is 13.6 Å². The first-order valence-electron chi connectivity index (χ1n) is 5.54. The number of rotatable bonds is 3. The molecular weight excluding hydrogens is 272 g/mol. The number of benzene rings is 1. The average molecular weight is 283 g/mol. The van der Waals surface area contributed by atoms with E-state index in [1.54, 1.807) is 6.92 Å². The van der Waals surface area contributed by atoms with Gasteiger partial charge in [-0.2, -0.15) is 0 Å². The van der Waals surface area contributed by atoms with E-state index in [1.165, 1.54) is 11.4 Å². The molecule has 0 saturated heterocycles. The molecule has 0 saturated carbocycles. The summed E-state index contributed by atoms with van der Waals surface area (Å²) < 4.78 is 32.3. The third-order valence-electron chi connectivity index (χ3n) is 2.53. The van der Waals surface area contributed by atoms with Gasteiger partial charge < -0.3 is 10.5 Å². The number of halogens is 2. The van der Waals surface area contributed by atoms with Crippen LogP contribution >= 0.6 is 11.3 Å². The van der Waals surface area contributed by atoms with E-state index >= 15 is 0 Å². The van der Waals surface area contributed by atoms with Gasteiger partial charge in [-0.1, -0.05) is 6.07 Å². The van der Waals surface area contributed by atoms with Crippen molar-refractivity contribution in [1.29, 1.82) is 0 Å². The summed E-state index contributed by atoms with van der Waals surface area (Å²) in [5, 5.41) is 1.62. The molecule has 0 bridgehead atoms. The molecule has 1 heterocycles. The third-order valence-corrected chi connectivity index (χ3v) is 3.34. The fraction of sp³-hybridized carbons (Fsp3) is 0.154. The highest BCUT2D eigenvalue weighted by molar-refractivity contribution is 7.14. The maximum absolute atomic E-state index is 13.7. The summed E-state index contributed by atoms with van der Waals surface area (Å²) >= 11 is 1.04. The van der Waals surface area contributed by atoms with E-state index in [4.69, 9.17) is 10.5 Å². The first kappa shape index (κ1) is 13.5. The Bertz CT molecular complexity index is 605. The van der Waals surface area contributed by atoms with Crippen LogP contribution in [0.5, 0.6) is 0 Å². The van der Waals surface area contributed by atoms with E-state index in [0.29, 0.717) is 0 Å². The minimum absolute atomic E-state index is 0.0100. The Hall–Kier alpha value is -1.95. The van der Waals surface area contributed by atoms with Crippen LogP contribution in [0.4, 0.5) is 13.8 Å². The molecule has 1 aromatic carbocycles. The van der Waals surface area contributed by atoms with Crippen molar-refractivity contribution in [2.45, 2.75) is 6.92 Å². The Balaban J connectivity index is 2.61. The number of carbonyl (C=O) groups excluding carboxylic acids is 1. The van der Waals surface area contributed by atoms with E-state index < -0.39 is 17.6 Å². The number of nitrogens with two attached hydrogens (primary N) is 1. The lowest BCUT2D eigenvalue weighted by Gasteiger charge is -2.07. The van der Waals surface area contributed by atoms with Crippen LogP contribution < -0.4 is 5.73 Å². The Labute approximate surface area is 112 Å². The summed E-state index contributed by atoms with van der Waals surface area (Å²) in [4.78, 5) is 11.8. The molecule has 2 aromatic rings. The van der Waals surface area contributed by atoms with Gasteiger partial charge in [-0.15, -0.1) is 11.3 Å². The van der Waals surface area contributed by atoms with Crippen LogP contribution in [0.15, 0.2) is 23.6 Å². The molecule has 0 amide bonds. The smallest absolute Gasteiger partial charge is 0.341 e. The predicted molar refractivity (Wildman–Crippen MR) is 70.0 cm³/mol. The highest BCUT2D eigenvalue weighted by Gasteiger charge is 2.23. The van der Waals surface area contributed by atoms with Gasteiger partial charge in [0.1, 0.15) is 22.2 Å². The second-order valence-electron chi connectivity index (χ2n) is 3.71. The van der Waals surface area contributed by atoms with E-state index in [-0.39, 0.29) is 28.3 Å². The zero-order chi connectivity index (χ0) is 14.0. The van der Waals surface area contributed by atoms with Crippen LogP contribution in [0, 0.1) is 11.6 Å². The lowest BCUT2D eigenvalue weighted by Crippen LogP contribution is -2.08. The first-order valence-corrected chi connectivity index (χ1v) is 6.42. The molecule has 0 radical (unpaired) electrons. The van der Waals surface area contributed by atoms with Gasteiger partial charge in [0.15, 0.2) is 0 Å². The topological polar surface area (TPSA) is 52.3 Å². The monoisotopic (exact) mass is 283 g/mol. The maximum Gasteiger partial charge on any atom is 0.341 e. The van der Waals surface area contributed by atoms with Gasteiger partial charge in [0, 0.05) is 10.9 Å². The molecule has 3 nitrogen and oxygen atoms in total. The van der Waals surface area contributed by atoms with Crippen molar-refractivity contribution in [2.75, 3.05) is 12.3 Å². The van der Waals surface area contributed by atoms with Gasteiger partial charge in [-0.05, 0) is 19.1 Å². The minimum Gasteiger partial charge on any atom is -0.462 e. The van der Waals surface area contributed by atoms with Gasteiger partial charge in [0.2, 0.25) is 0 Å². The molecule has 2 rings (SSSR count). The molecule has 0 aliphatic carbocycles. The normalized spacial score (nSPS) is 10.5. The van der Waals surface area contributed by atoms with Crippen molar-refractivity contribution >= 4 is 22.3 Å². The van der Waals surface area contributed by atoms with Crippen molar-refractivity contribution in [2.24, 2.45) is 0 Å². The van der Waals surface area contributed by atoms with Gasteiger partial charge >= 0.3 is 5.97 Å². The van der Waals surface area contributed by atoms with Gasteiger partial charge in [-0.3, -0.25) is 0 Å². The maximum atomic E-state index is 13.7. The summed E-state index contributed by atoms with van der Waals surface area (Å²) in [6.45, 7) is 1.80. The lowest BCUT2D eigenvalue weighted by atomic mass is 10.0. The number of hydrogen-bond donors (Lipinski definition) is 1. The molecule has 0 aliphatic heterocycles. The predicted octanol–water partition coefficient (Wildman–Crippen LogP) is 3.45. The van der Waals surface area contributed by atoms with E-state index in [1.807, 2.05) is 0 Å². The van der Waals surface area contributed by atoms with Crippen LogP contribution in [-0.2, 0) is 4.74 Å². The Morgan fingerprint density at radius 1 is 1.37 bits per heavy atom. The fourth-order valence-electron chi connectivity index (χ4n) is 1.73. The highest BCUT2D eigenvalue weighted by Crippen LogP contribution is 2.36. The average Bonchev–Trinajstić information content (AvgIpc) is 2.71. The summed E-state index contributed by atoms with van der Waals surface area (Å²) in [7, 11) is 0. The zero-order valence-corrected chi connectivity index (χ0v) is 10.9. The second-order valence-corrected chi connectivity index (χ2v) is 4.62. The summed E-state index contributed by atoms with van der Waals surface area (Å²) in [6, 6.07) is 3.51. The molecule has 0 aliphatic rings. The lowest BCUT2D eigenvalue weighted by molar-refractivity contribution is 0.0529. The van der Waals surface area contributed by atoms with E-state index in [2.05, 4.69) is 0 Å². The van der Waals surface area contributed by atoms with Crippen LogP contribution in [0.1, 0.15) is 17.3 Å². The van der Waals surface area contributed by atoms with Crippen LogP contribution in [-0.4, -0.2) is 12.6 Å². The van der Waals surface area contributed by atoms with Gasteiger partial charge in [-0.25, -0.2) is 13.6 Å². The molecule has 0 spiro atoms. The SMILES string of the molecule is CCOC(=O)c1c(-c2c(F)cccc2F)csc1N. The van der Waals surface area contributed by atoms with Crippen molar-refractivity contribution in [3.05, 3.63) is 40.8 Å². The number of hydrogen-bond acceptors (Lipinski definition) is 4. The van der Waals surface area contributed by atoms with Crippen molar-refractivity contribution in [3.63, 3.8) is 0 Å². The number of carbonyl (C=O) groups is 1. The molecule has 0 unspecified atom stereocenters. The number of thiophene rings is 1. The van der Waals surface area contributed by atoms with E-state index in [0.717, 1.165) is 23.5 Å². The standard InChI is InChI=1S/C13H11F2NO2S/c1-2-18-13(17)11-7(6-19-12(11)16)10-8(14)4-3-5-9(10)15/h3-6H,2,16H2,1H3. The summed E-state index contributed by atoms with van der Waals surface area (Å²) in [5.74, 6) is -2.18. The molecule has 0 fully saturated rings. The van der Waals surface area contributed by atoms with Crippen LogP contribution in [0.25, 0.3) is 11.1 Å². The third kappa shape index (κ3) is 2.44. The first-order chi connectivity index (χ1) is 9.06. The number of esters is 1. The van der Waals surface area contributed by atoms with Crippen LogP contribution in [0.3, 0.4) is 0 Å². The summed E-state index contributed by atoms with van der Waals surface area (Å²) in [5.41, 5.74) is 5.55. The number of nitrogen functional groups attached to an aromatic ring is 1. The molecule has 19 heavy (non-hydrogen) atoms. The Morgan fingerprint density at radius 3 is 2.58 bits per heavy atom. The van der Waals surface area contributed by atoms with Crippen molar-refractivity contribution < 1.29 is 18.3 Å².